The van der Waals surface area contributed by atoms with Crippen LogP contribution in [0.4, 0.5) is 0 Å². The fraction of sp³-hybridized carbons (Fsp3) is 0.438. The van der Waals surface area contributed by atoms with Crippen molar-refractivity contribution in [2.75, 3.05) is 6.61 Å². The molecular formula is C16H19NO2. The number of pyridine rings is 1. The monoisotopic (exact) mass is 257 g/mol. The molecule has 0 aliphatic heterocycles. The van der Waals surface area contributed by atoms with Crippen molar-refractivity contribution in [1.82, 2.24) is 4.98 Å². The Morgan fingerprint density at radius 3 is 2.84 bits per heavy atom. The second-order valence-electron chi connectivity index (χ2n) is 5.22. The van der Waals surface area contributed by atoms with Gasteiger partial charge in [-0.2, -0.15) is 0 Å². The number of aliphatic hydroxyl groups is 1. The van der Waals surface area contributed by atoms with Crippen molar-refractivity contribution in [3.05, 3.63) is 36.0 Å². The minimum absolute atomic E-state index is 0.0518. The van der Waals surface area contributed by atoms with Crippen LogP contribution < -0.4 is 4.74 Å². The highest BCUT2D eigenvalue weighted by Gasteiger charge is 2.17. The van der Waals surface area contributed by atoms with Gasteiger partial charge in [0.2, 0.25) is 0 Å². The molecule has 2 aromatic rings. The number of hydrogen-bond donors (Lipinski definition) is 1. The van der Waals surface area contributed by atoms with Gasteiger partial charge in [0.1, 0.15) is 5.75 Å². The van der Waals surface area contributed by atoms with Crippen LogP contribution in [-0.4, -0.2) is 16.7 Å². The molecule has 19 heavy (non-hydrogen) atoms. The Balaban J connectivity index is 1.79. The molecule has 0 saturated heterocycles. The molecule has 1 aliphatic rings. The highest BCUT2D eigenvalue weighted by molar-refractivity contribution is 5.85. The van der Waals surface area contributed by atoms with Crippen LogP contribution in [-0.2, 0) is 6.61 Å². The lowest BCUT2D eigenvalue weighted by atomic mass is 9.83. The van der Waals surface area contributed by atoms with Crippen LogP contribution in [0.1, 0.15) is 31.4 Å². The smallest absolute Gasteiger partial charge is 0.130 e. The third-order valence-corrected chi connectivity index (χ3v) is 3.90. The highest BCUT2D eigenvalue weighted by Crippen LogP contribution is 2.30. The van der Waals surface area contributed by atoms with E-state index >= 15 is 0 Å². The van der Waals surface area contributed by atoms with Crippen LogP contribution in [0, 0.1) is 5.92 Å². The van der Waals surface area contributed by atoms with Crippen LogP contribution in [0.2, 0.25) is 0 Å². The van der Waals surface area contributed by atoms with E-state index in [1.165, 1.54) is 19.3 Å². The fourth-order valence-electron chi connectivity index (χ4n) is 2.51. The summed E-state index contributed by atoms with van der Waals surface area (Å²) in [5.74, 6) is 1.69. The SMILES string of the molecule is OCc1cc(OCCC2CCC2)c2ccccc2n1. The molecule has 1 fully saturated rings. The first-order valence-corrected chi connectivity index (χ1v) is 6.99. The number of ether oxygens (including phenoxy) is 1. The molecule has 1 aromatic heterocycles. The first kappa shape index (κ1) is 12.4. The Bertz CT molecular complexity index is 564. The molecule has 3 nitrogen and oxygen atoms in total. The van der Waals surface area contributed by atoms with Gasteiger partial charge in [0.15, 0.2) is 0 Å². The molecule has 3 heteroatoms. The maximum absolute atomic E-state index is 9.26. The summed E-state index contributed by atoms with van der Waals surface area (Å²) in [5.41, 5.74) is 1.55. The lowest BCUT2D eigenvalue weighted by Gasteiger charge is -2.25. The summed E-state index contributed by atoms with van der Waals surface area (Å²) in [6.45, 7) is 0.702. The molecule has 100 valence electrons. The second-order valence-corrected chi connectivity index (χ2v) is 5.22. The van der Waals surface area contributed by atoms with Crippen molar-refractivity contribution in [2.45, 2.75) is 32.3 Å². The molecule has 3 rings (SSSR count). The van der Waals surface area contributed by atoms with Crippen molar-refractivity contribution < 1.29 is 9.84 Å². The molecule has 0 bridgehead atoms. The lowest BCUT2D eigenvalue weighted by molar-refractivity contribution is 0.222. The zero-order valence-electron chi connectivity index (χ0n) is 11.0. The number of aromatic nitrogens is 1. The van der Waals surface area contributed by atoms with Gasteiger partial charge < -0.3 is 9.84 Å². The van der Waals surface area contributed by atoms with Crippen molar-refractivity contribution in [2.24, 2.45) is 5.92 Å². The number of para-hydroxylation sites is 1. The van der Waals surface area contributed by atoms with E-state index in [2.05, 4.69) is 4.98 Å². The van der Waals surface area contributed by atoms with Crippen LogP contribution >= 0.6 is 0 Å². The van der Waals surface area contributed by atoms with E-state index in [0.717, 1.165) is 35.6 Å². The molecule has 1 aromatic carbocycles. The molecule has 1 saturated carbocycles. The average molecular weight is 257 g/mol. The van der Waals surface area contributed by atoms with Gasteiger partial charge in [0.05, 0.1) is 24.4 Å². The van der Waals surface area contributed by atoms with E-state index < -0.39 is 0 Å². The summed E-state index contributed by atoms with van der Waals surface area (Å²) in [7, 11) is 0. The third kappa shape index (κ3) is 2.71. The van der Waals surface area contributed by atoms with Crippen molar-refractivity contribution in [3.63, 3.8) is 0 Å². The van der Waals surface area contributed by atoms with Crippen molar-refractivity contribution >= 4 is 10.9 Å². The number of nitrogens with zero attached hydrogens (tertiary/aromatic N) is 1. The van der Waals surface area contributed by atoms with E-state index in [0.29, 0.717) is 5.69 Å². The number of fused-ring (bicyclic) bond motifs is 1. The van der Waals surface area contributed by atoms with Gasteiger partial charge >= 0.3 is 0 Å². The predicted molar refractivity (Wildman–Crippen MR) is 75.1 cm³/mol. The summed E-state index contributed by atoms with van der Waals surface area (Å²) in [4.78, 5) is 4.39. The molecule has 0 amide bonds. The van der Waals surface area contributed by atoms with Gasteiger partial charge in [0.25, 0.3) is 0 Å². The Morgan fingerprint density at radius 2 is 2.11 bits per heavy atom. The molecule has 1 N–H and O–H groups in total. The number of aliphatic hydroxyl groups excluding tert-OH is 1. The quantitative estimate of drug-likeness (QED) is 0.893. The molecule has 0 atom stereocenters. The maximum Gasteiger partial charge on any atom is 0.130 e. The number of hydrogen-bond acceptors (Lipinski definition) is 3. The largest absolute Gasteiger partial charge is 0.493 e. The molecule has 0 radical (unpaired) electrons. The minimum Gasteiger partial charge on any atom is -0.493 e. The fourth-order valence-corrected chi connectivity index (χ4v) is 2.51. The average Bonchev–Trinajstić information content (AvgIpc) is 2.41. The Hall–Kier alpha value is -1.61. The van der Waals surface area contributed by atoms with Crippen LogP contribution in [0.15, 0.2) is 30.3 Å². The first-order chi connectivity index (χ1) is 9.36. The standard InChI is InChI=1S/C16H19NO2/c18-11-13-10-16(19-9-8-12-4-3-5-12)14-6-1-2-7-15(14)17-13/h1-2,6-7,10,12,18H,3-5,8-9,11H2. The summed E-state index contributed by atoms with van der Waals surface area (Å²) >= 11 is 0. The van der Waals surface area contributed by atoms with Gasteiger partial charge in [0, 0.05) is 11.5 Å². The number of benzene rings is 1. The van der Waals surface area contributed by atoms with E-state index in [9.17, 15) is 5.11 Å². The zero-order valence-corrected chi connectivity index (χ0v) is 11.0. The Labute approximate surface area is 113 Å². The van der Waals surface area contributed by atoms with E-state index in [-0.39, 0.29) is 6.61 Å². The van der Waals surface area contributed by atoms with E-state index in [1.807, 2.05) is 30.3 Å². The van der Waals surface area contributed by atoms with Gasteiger partial charge in [-0.05, 0) is 24.5 Å². The Morgan fingerprint density at radius 1 is 1.26 bits per heavy atom. The normalized spacial score (nSPS) is 15.4. The maximum atomic E-state index is 9.26. The van der Waals surface area contributed by atoms with Gasteiger partial charge in [-0.3, -0.25) is 4.98 Å². The Kier molecular flexibility index (Phi) is 3.65. The highest BCUT2D eigenvalue weighted by atomic mass is 16.5. The minimum atomic E-state index is -0.0518. The van der Waals surface area contributed by atoms with Crippen LogP contribution in [0.5, 0.6) is 5.75 Å². The molecular weight excluding hydrogens is 238 g/mol. The molecule has 0 unspecified atom stereocenters. The van der Waals surface area contributed by atoms with Crippen LogP contribution in [0.25, 0.3) is 10.9 Å². The topological polar surface area (TPSA) is 42.4 Å². The van der Waals surface area contributed by atoms with Crippen molar-refractivity contribution in [3.8, 4) is 5.75 Å². The summed E-state index contributed by atoms with van der Waals surface area (Å²) < 4.78 is 5.92. The second kappa shape index (κ2) is 5.57. The summed E-state index contributed by atoms with van der Waals surface area (Å²) in [6.07, 6.45) is 5.20. The predicted octanol–water partition coefficient (Wildman–Crippen LogP) is 3.30. The first-order valence-electron chi connectivity index (χ1n) is 6.99. The molecule has 0 spiro atoms. The van der Waals surface area contributed by atoms with Gasteiger partial charge in [-0.25, -0.2) is 0 Å². The van der Waals surface area contributed by atoms with Gasteiger partial charge in [-0.15, -0.1) is 0 Å². The third-order valence-electron chi connectivity index (χ3n) is 3.90. The van der Waals surface area contributed by atoms with Crippen molar-refractivity contribution in [1.29, 1.82) is 0 Å². The van der Waals surface area contributed by atoms with Gasteiger partial charge in [-0.1, -0.05) is 31.4 Å². The van der Waals surface area contributed by atoms with E-state index in [4.69, 9.17) is 4.74 Å². The number of rotatable bonds is 5. The van der Waals surface area contributed by atoms with Crippen LogP contribution in [0.3, 0.4) is 0 Å². The summed E-state index contributed by atoms with van der Waals surface area (Å²) in [5, 5.41) is 10.3. The summed E-state index contributed by atoms with van der Waals surface area (Å²) in [6, 6.07) is 9.76. The lowest BCUT2D eigenvalue weighted by Crippen LogP contribution is -2.14. The molecule has 1 heterocycles. The zero-order chi connectivity index (χ0) is 13.1. The van der Waals surface area contributed by atoms with E-state index in [1.54, 1.807) is 0 Å². The molecule has 1 aliphatic carbocycles.